The van der Waals surface area contributed by atoms with Gasteiger partial charge in [-0.3, -0.25) is 4.79 Å². The van der Waals surface area contributed by atoms with Crippen molar-refractivity contribution in [3.8, 4) is 5.88 Å². The van der Waals surface area contributed by atoms with Crippen molar-refractivity contribution >= 4 is 11.6 Å². The van der Waals surface area contributed by atoms with Gasteiger partial charge in [0.05, 0.1) is 7.11 Å². The summed E-state index contributed by atoms with van der Waals surface area (Å²) in [7, 11) is 1.57. The molecule has 0 aliphatic rings. The summed E-state index contributed by atoms with van der Waals surface area (Å²) in [5.41, 5.74) is 0.923. The summed E-state index contributed by atoms with van der Waals surface area (Å²) in [6.45, 7) is 2.77. The normalized spacial score (nSPS) is 9.47. The fourth-order valence-electron chi connectivity index (χ4n) is 1.08. The number of carbonyl (C=O) groups is 1. The molecule has 0 bridgehead atoms. The monoisotopic (exact) mass is 209 g/mol. The van der Waals surface area contributed by atoms with Crippen molar-refractivity contribution < 1.29 is 9.53 Å². The lowest BCUT2D eigenvalue weighted by Gasteiger charge is -2.07. The number of pyridine rings is 1. The van der Waals surface area contributed by atoms with Crippen LogP contribution in [0.15, 0.2) is 18.3 Å². The fourth-order valence-corrected chi connectivity index (χ4v) is 1.08. The lowest BCUT2D eigenvalue weighted by molar-refractivity contribution is -0.118. The van der Waals surface area contributed by atoms with Crippen molar-refractivity contribution in [1.82, 2.24) is 10.3 Å². The number of hydrogen-bond acceptors (Lipinski definition) is 4. The van der Waals surface area contributed by atoms with Crippen LogP contribution in [0.3, 0.4) is 0 Å². The zero-order valence-electron chi connectivity index (χ0n) is 8.91. The molecular weight excluding hydrogens is 194 g/mol. The van der Waals surface area contributed by atoms with Gasteiger partial charge in [0.1, 0.15) is 0 Å². The highest BCUT2D eigenvalue weighted by atomic mass is 16.5. The third kappa shape index (κ3) is 4.30. The maximum Gasteiger partial charge on any atom is 0.216 e. The number of ether oxygens (including phenoxy) is 1. The minimum absolute atomic E-state index is 0.0240. The van der Waals surface area contributed by atoms with Crippen molar-refractivity contribution in [1.29, 1.82) is 0 Å². The molecule has 1 aromatic heterocycles. The van der Waals surface area contributed by atoms with E-state index in [2.05, 4.69) is 15.6 Å². The van der Waals surface area contributed by atoms with Gasteiger partial charge in [-0.2, -0.15) is 0 Å². The Morgan fingerprint density at radius 1 is 1.53 bits per heavy atom. The molecule has 0 spiro atoms. The summed E-state index contributed by atoms with van der Waals surface area (Å²) in [6, 6.07) is 3.64. The van der Waals surface area contributed by atoms with E-state index in [0.717, 1.165) is 5.69 Å². The summed E-state index contributed by atoms with van der Waals surface area (Å²) in [6.07, 6.45) is 1.67. The SMILES string of the molecule is COc1cc(NCCNC(C)=O)ccn1. The Kier molecular flexibility index (Phi) is 4.40. The molecule has 82 valence electrons. The molecule has 0 fully saturated rings. The number of nitrogens with one attached hydrogen (secondary N) is 2. The van der Waals surface area contributed by atoms with Crippen LogP contribution in [0, 0.1) is 0 Å². The van der Waals surface area contributed by atoms with E-state index in [1.54, 1.807) is 19.4 Å². The molecule has 0 aromatic carbocycles. The third-order valence-electron chi connectivity index (χ3n) is 1.77. The molecule has 1 aromatic rings. The van der Waals surface area contributed by atoms with Gasteiger partial charge in [-0.1, -0.05) is 0 Å². The van der Waals surface area contributed by atoms with E-state index < -0.39 is 0 Å². The number of anilines is 1. The molecule has 0 saturated carbocycles. The Bertz CT molecular complexity index is 328. The molecule has 0 aliphatic carbocycles. The number of aromatic nitrogens is 1. The lowest BCUT2D eigenvalue weighted by Crippen LogP contribution is -2.26. The van der Waals surface area contributed by atoms with Gasteiger partial charge in [0.25, 0.3) is 0 Å². The Labute approximate surface area is 88.9 Å². The summed E-state index contributed by atoms with van der Waals surface area (Å²) < 4.78 is 4.98. The summed E-state index contributed by atoms with van der Waals surface area (Å²) in [5, 5.41) is 5.84. The quantitative estimate of drug-likeness (QED) is 0.698. The van der Waals surface area contributed by atoms with E-state index in [-0.39, 0.29) is 5.91 Å². The summed E-state index contributed by atoms with van der Waals surface area (Å²) in [5.74, 6) is 0.545. The lowest BCUT2D eigenvalue weighted by atomic mass is 10.4. The van der Waals surface area contributed by atoms with Crippen molar-refractivity contribution in [2.45, 2.75) is 6.92 Å². The molecule has 1 heterocycles. The molecule has 1 rings (SSSR count). The Morgan fingerprint density at radius 3 is 3.00 bits per heavy atom. The number of methoxy groups -OCH3 is 1. The number of hydrogen-bond donors (Lipinski definition) is 2. The standard InChI is InChI=1S/C10H15N3O2/c1-8(14)11-5-6-12-9-3-4-13-10(7-9)15-2/h3-4,7H,5-6H2,1-2H3,(H,11,14)(H,12,13). The number of rotatable bonds is 5. The second-order valence-corrected chi connectivity index (χ2v) is 3.00. The first-order valence-electron chi connectivity index (χ1n) is 4.70. The highest BCUT2D eigenvalue weighted by molar-refractivity contribution is 5.72. The van der Waals surface area contributed by atoms with Gasteiger partial charge in [-0.15, -0.1) is 0 Å². The molecule has 5 heteroatoms. The molecule has 1 amide bonds. The van der Waals surface area contributed by atoms with Gasteiger partial charge < -0.3 is 15.4 Å². The van der Waals surface area contributed by atoms with E-state index in [1.165, 1.54) is 6.92 Å². The predicted octanol–water partition coefficient (Wildman–Crippen LogP) is 0.638. The second-order valence-electron chi connectivity index (χ2n) is 3.00. The Hall–Kier alpha value is -1.78. The van der Waals surface area contributed by atoms with Crippen LogP contribution in [-0.4, -0.2) is 31.1 Å². The second kappa shape index (κ2) is 5.85. The van der Waals surface area contributed by atoms with Crippen LogP contribution in [0.25, 0.3) is 0 Å². The first-order chi connectivity index (χ1) is 7.22. The maximum atomic E-state index is 10.6. The molecular formula is C10H15N3O2. The Balaban J connectivity index is 2.33. The van der Waals surface area contributed by atoms with Gasteiger partial charge in [0.15, 0.2) is 0 Å². The third-order valence-corrected chi connectivity index (χ3v) is 1.77. The van der Waals surface area contributed by atoms with Crippen LogP contribution < -0.4 is 15.4 Å². The average molecular weight is 209 g/mol. The molecule has 5 nitrogen and oxygen atoms in total. The average Bonchev–Trinajstić information content (AvgIpc) is 2.24. The van der Waals surface area contributed by atoms with Crippen LogP contribution in [0.2, 0.25) is 0 Å². The minimum atomic E-state index is -0.0240. The van der Waals surface area contributed by atoms with Crippen LogP contribution in [0.1, 0.15) is 6.92 Å². The Morgan fingerprint density at radius 2 is 2.33 bits per heavy atom. The van der Waals surface area contributed by atoms with E-state index in [4.69, 9.17) is 4.74 Å². The van der Waals surface area contributed by atoms with E-state index in [1.807, 2.05) is 6.07 Å². The zero-order valence-corrected chi connectivity index (χ0v) is 8.91. The highest BCUT2D eigenvalue weighted by Gasteiger charge is 1.95. The van der Waals surface area contributed by atoms with Crippen LogP contribution in [-0.2, 0) is 4.79 Å². The van der Waals surface area contributed by atoms with Crippen molar-refractivity contribution in [2.24, 2.45) is 0 Å². The van der Waals surface area contributed by atoms with E-state index >= 15 is 0 Å². The van der Waals surface area contributed by atoms with Gasteiger partial charge in [0, 0.05) is 38.0 Å². The molecule has 0 unspecified atom stereocenters. The summed E-state index contributed by atoms with van der Waals surface area (Å²) >= 11 is 0. The molecule has 0 atom stereocenters. The number of carbonyl (C=O) groups excluding carboxylic acids is 1. The number of amides is 1. The fraction of sp³-hybridized carbons (Fsp3) is 0.400. The molecule has 15 heavy (non-hydrogen) atoms. The van der Waals surface area contributed by atoms with Gasteiger partial charge in [-0.25, -0.2) is 4.98 Å². The van der Waals surface area contributed by atoms with Crippen molar-refractivity contribution in [3.63, 3.8) is 0 Å². The zero-order chi connectivity index (χ0) is 11.1. The van der Waals surface area contributed by atoms with E-state index in [9.17, 15) is 4.79 Å². The maximum absolute atomic E-state index is 10.6. The first kappa shape index (κ1) is 11.3. The minimum Gasteiger partial charge on any atom is -0.481 e. The largest absolute Gasteiger partial charge is 0.481 e. The molecule has 0 saturated heterocycles. The number of nitrogens with zero attached hydrogens (tertiary/aromatic N) is 1. The smallest absolute Gasteiger partial charge is 0.216 e. The van der Waals surface area contributed by atoms with Crippen LogP contribution in [0.4, 0.5) is 5.69 Å². The molecule has 0 aliphatic heterocycles. The topological polar surface area (TPSA) is 63.2 Å². The van der Waals surface area contributed by atoms with Gasteiger partial charge in [-0.05, 0) is 6.07 Å². The van der Waals surface area contributed by atoms with Crippen molar-refractivity contribution in [2.75, 3.05) is 25.5 Å². The molecule has 2 N–H and O–H groups in total. The van der Waals surface area contributed by atoms with Gasteiger partial charge >= 0.3 is 0 Å². The van der Waals surface area contributed by atoms with E-state index in [0.29, 0.717) is 19.0 Å². The van der Waals surface area contributed by atoms with Crippen molar-refractivity contribution in [3.05, 3.63) is 18.3 Å². The molecule has 0 radical (unpaired) electrons. The highest BCUT2D eigenvalue weighted by Crippen LogP contribution is 2.12. The van der Waals surface area contributed by atoms with Crippen LogP contribution in [0.5, 0.6) is 5.88 Å². The first-order valence-corrected chi connectivity index (χ1v) is 4.70. The summed E-state index contributed by atoms with van der Waals surface area (Å²) in [4.78, 5) is 14.6. The predicted molar refractivity (Wildman–Crippen MR) is 58.0 cm³/mol. The van der Waals surface area contributed by atoms with Crippen LogP contribution >= 0.6 is 0 Å². The van der Waals surface area contributed by atoms with Gasteiger partial charge in [0.2, 0.25) is 11.8 Å².